The van der Waals surface area contributed by atoms with Crippen LogP contribution < -0.4 is 16.3 Å². The topological polar surface area (TPSA) is 116 Å². The van der Waals surface area contributed by atoms with E-state index in [1.165, 1.54) is 12.3 Å². The third-order valence-corrected chi connectivity index (χ3v) is 2.00. The summed E-state index contributed by atoms with van der Waals surface area (Å²) in [6.07, 6.45) is 1.31. The summed E-state index contributed by atoms with van der Waals surface area (Å²) in [6.45, 7) is 0. The van der Waals surface area contributed by atoms with E-state index in [2.05, 4.69) is 30.8 Å². The van der Waals surface area contributed by atoms with Gasteiger partial charge in [-0.1, -0.05) is 0 Å². The smallest absolute Gasteiger partial charge is 0.346 e. The molecule has 0 aromatic carbocycles. The van der Waals surface area contributed by atoms with Crippen LogP contribution in [0.3, 0.4) is 0 Å². The van der Waals surface area contributed by atoms with E-state index in [4.69, 9.17) is 0 Å². The summed E-state index contributed by atoms with van der Waals surface area (Å²) in [5.41, 5.74) is -0.240. The minimum atomic E-state index is -0.525. The molecule has 2 aromatic rings. The minimum Gasteiger partial charge on any atom is -0.372 e. The molecule has 88 valence electrons. The van der Waals surface area contributed by atoms with E-state index in [-0.39, 0.29) is 11.5 Å². The van der Waals surface area contributed by atoms with Crippen LogP contribution in [0.1, 0.15) is 10.5 Å². The SMILES string of the molecule is CNc1cc(C(=O)Nc2ccnc(=O)[nH]2)[nH]n1. The second-order valence-corrected chi connectivity index (χ2v) is 3.16. The Bertz CT molecular complexity index is 587. The van der Waals surface area contributed by atoms with E-state index >= 15 is 0 Å². The number of H-pyrrole nitrogens is 2. The van der Waals surface area contributed by atoms with Crippen molar-refractivity contribution in [3.05, 3.63) is 34.5 Å². The summed E-state index contributed by atoms with van der Waals surface area (Å²) < 4.78 is 0. The van der Waals surface area contributed by atoms with Crippen LogP contribution in [0, 0.1) is 0 Å². The summed E-state index contributed by atoms with van der Waals surface area (Å²) >= 11 is 0. The molecular formula is C9H10N6O2. The predicted octanol–water partition coefficient (Wildman–Crippen LogP) is -0.213. The van der Waals surface area contributed by atoms with Crippen molar-refractivity contribution in [1.29, 1.82) is 0 Å². The molecule has 0 spiro atoms. The van der Waals surface area contributed by atoms with Crippen LogP contribution in [-0.2, 0) is 0 Å². The van der Waals surface area contributed by atoms with Crippen molar-refractivity contribution < 1.29 is 4.79 Å². The van der Waals surface area contributed by atoms with Gasteiger partial charge in [0.05, 0.1) is 0 Å². The minimum absolute atomic E-state index is 0.274. The Labute approximate surface area is 95.5 Å². The molecule has 0 unspecified atom stereocenters. The lowest BCUT2D eigenvalue weighted by Crippen LogP contribution is -2.17. The van der Waals surface area contributed by atoms with Crippen molar-refractivity contribution in [1.82, 2.24) is 20.2 Å². The van der Waals surface area contributed by atoms with Gasteiger partial charge in [-0.05, 0) is 6.07 Å². The third-order valence-electron chi connectivity index (χ3n) is 2.00. The number of carbonyl (C=O) groups excluding carboxylic acids is 1. The van der Waals surface area contributed by atoms with Crippen molar-refractivity contribution in [3.63, 3.8) is 0 Å². The number of amides is 1. The van der Waals surface area contributed by atoms with Gasteiger partial charge >= 0.3 is 5.69 Å². The van der Waals surface area contributed by atoms with E-state index in [1.807, 2.05) is 0 Å². The molecule has 0 aliphatic rings. The summed E-state index contributed by atoms with van der Waals surface area (Å²) in [5.74, 6) is 0.426. The van der Waals surface area contributed by atoms with Crippen LogP contribution in [0.4, 0.5) is 11.6 Å². The standard InChI is InChI=1S/C9H10N6O2/c1-10-7-4-5(14-15-7)8(16)12-6-2-3-11-9(17)13-6/h2-4H,1H3,(H2,10,14,15)(H2,11,12,13,16,17). The van der Waals surface area contributed by atoms with Gasteiger partial charge in [0.25, 0.3) is 5.91 Å². The Kier molecular flexibility index (Phi) is 2.86. The van der Waals surface area contributed by atoms with Crippen LogP contribution >= 0.6 is 0 Å². The predicted molar refractivity (Wildman–Crippen MR) is 60.9 cm³/mol. The zero-order valence-electron chi connectivity index (χ0n) is 8.94. The summed E-state index contributed by atoms with van der Waals surface area (Å²) in [5, 5.41) is 11.7. The highest BCUT2D eigenvalue weighted by Crippen LogP contribution is 2.06. The largest absolute Gasteiger partial charge is 0.372 e. The van der Waals surface area contributed by atoms with Gasteiger partial charge in [0.15, 0.2) is 0 Å². The van der Waals surface area contributed by atoms with Gasteiger partial charge in [0.2, 0.25) is 0 Å². The highest BCUT2D eigenvalue weighted by Gasteiger charge is 2.09. The Morgan fingerprint density at radius 2 is 2.29 bits per heavy atom. The Balaban J connectivity index is 2.14. The fourth-order valence-electron chi connectivity index (χ4n) is 1.20. The quantitative estimate of drug-likeness (QED) is 0.586. The number of carbonyl (C=O) groups is 1. The first-order chi connectivity index (χ1) is 8.19. The first kappa shape index (κ1) is 10.9. The molecule has 2 rings (SSSR count). The Hall–Kier alpha value is -2.64. The molecule has 0 saturated heterocycles. The Morgan fingerprint density at radius 1 is 1.47 bits per heavy atom. The number of hydrogen-bond donors (Lipinski definition) is 4. The summed E-state index contributed by atoms with van der Waals surface area (Å²) in [6, 6.07) is 3.03. The van der Waals surface area contributed by atoms with E-state index in [0.29, 0.717) is 5.82 Å². The maximum Gasteiger partial charge on any atom is 0.346 e. The molecule has 8 nitrogen and oxygen atoms in total. The number of anilines is 2. The van der Waals surface area contributed by atoms with Crippen LogP contribution in [0.5, 0.6) is 0 Å². The second kappa shape index (κ2) is 4.47. The number of nitrogens with zero attached hydrogens (tertiary/aromatic N) is 2. The lowest BCUT2D eigenvalue weighted by Gasteiger charge is -2.01. The zero-order chi connectivity index (χ0) is 12.3. The molecule has 2 aromatic heterocycles. The highest BCUT2D eigenvalue weighted by atomic mass is 16.2. The number of nitrogens with one attached hydrogen (secondary N) is 4. The molecule has 8 heteroatoms. The van der Waals surface area contributed by atoms with Crippen LogP contribution in [0.2, 0.25) is 0 Å². The van der Waals surface area contributed by atoms with E-state index in [1.54, 1.807) is 13.1 Å². The average Bonchev–Trinajstić information content (AvgIpc) is 2.77. The number of hydrogen-bond acceptors (Lipinski definition) is 5. The summed E-state index contributed by atoms with van der Waals surface area (Å²) in [4.78, 5) is 28.4. The van der Waals surface area contributed by atoms with Crippen molar-refractivity contribution in [2.24, 2.45) is 0 Å². The molecule has 0 aliphatic heterocycles. The highest BCUT2D eigenvalue weighted by molar-refractivity contribution is 6.02. The molecule has 1 amide bonds. The lowest BCUT2D eigenvalue weighted by molar-refractivity contribution is 0.102. The molecule has 0 radical (unpaired) electrons. The number of aromatic nitrogens is 4. The van der Waals surface area contributed by atoms with Gasteiger partial charge in [0, 0.05) is 19.3 Å². The van der Waals surface area contributed by atoms with Crippen molar-refractivity contribution >= 4 is 17.5 Å². The van der Waals surface area contributed by atoms with Gasteiger partial charge in [-0.2, -0.15) is 5.10 Å². The van der Waals surface area contributed by atoms with Gasteiger partial charge in [-0.3, -0.25) is 14.9 Å². The molecule has 0 atom stereocenters. The van der Waals surface area contributed by atoms with Crippen molar-refractivity contribution in [2.75, 3.05) is 17.7 Å². The van der Waals surface area contributed by atoms with E-state index < -0.39 is 11.6 Å². The third kappa shape index (κ3) is 2.48. The maximum absolute atomic E-state index is 11.7. The molecule has 0 saturated carbocycles. The van der Waals surface area contributed by atoms with E-state index in [9.17, 15) is 9.59 Å². The number of rotatable bonds is 3. The van der Waals surface area contributed by atoms with Crippen LogP contribution in [0.25, 0.3) is 0 Å². The van der Waals surface area contributed by atoms with Crippen LogP contribution in [-0.4, -0.2) is 33.1 Å². The second-order valence-electron chi connectivity index (χ2n) is 3.16. The summed E-state index contributed by atoms with van der Waals surface area (Å²) in [7, 11) is 1.69. The van der Waals surface area contributed by atoms with E-state index in [0.717, 1.165) is 0 Å². The fraction of sp³-hybridized carbons (Fsp3) is 0.111. The molecular weight excluding hydrogens is 224 g/mol. The lowest BCUT2D eigenvalue weighted by atomic mass is 10.4. The first-order valence-corrected chi connectivity index (χ1v) is 4.79. The average molecular weight is 234 g/mol. The maximum atomic E-state index is 11.7. The molecule has 4 N–H and O–H groups in total. The van der Waals surface area contributed by atoms with Crippen molar-refractivity contribution in [2.45, 2.75) is 0 Å². The molecule has 0 bridgehead atoms. The van der Waals surface area contributed by atoms with Gasteiger partial charge < -0.3 is 10.6 Å². The zero-order valence-corrected chi connectivity index (χ0v) is 8.94. The fourth-order valence-corrected chi connectivity index (χ4v) is 1.20. The monoisotopic (exact) mass is 234 g/mol. The first-order valence-electron chi connectivity index (χ1n) is 4.79. The van der Waals surface area contributed by atoms with Gasteiger partial charge in [0.1, 0.15) is 17.3 Å². The van der Waals surface area contributed by atoms with Crippen molar-refractivity contribution in [3.8, 4) is 0 Å². The number of aromatic amines is 2. The molecule has 0 aliphatic carbocycles. The van der Waals surface area contributed by atoms with Gasteiger partial charge in [-0.25, -0.2) is 9.78 Å². The normalized spacial score (nSPS) is 9.94. The van der Waals surface area contributed by atoms with Gasteiger partial charge in [-0.15, -0.1) is 0 Å². The molecule has 0 fully saturated rings. The molecule has 2 heterocycles. The molecule has 17 heavy (non-hydrogen) atoms. The van der Waals surface area contributed by atoms with Crippen LogP contribution in [0.15, 0.2) is 23.1 Å². The Morgan fingerprint density at radius 3 is 2.94 bits per heavy atom.